The van der Waals surface area contributed by atoms with Crippen LogP contribution in [0.25, 0.3) is 0 Å². The van der Waals surface area contributed by atoms with E-state index in [4.69, 9.17) is 0 Å². The second-order valence-corrected chi connectivity index (χ2v) is 5.69. The van der Waals surface area contributed by atoms with E-state index in [1.54, 1.807) is 17.6 Å². The van der Waals surface area contributed by atoms with Crippen LogP contribution >= 0.6 is 11.3 Å². The van der Waals surface area contributed by atoms with E-state index < -0.39 is 0 Å². The van der Waals surface area contributed by atoms with Gasteiger partial charge in [-0.15, -0.1) is 11.3 Å². The van der Waals surface area contributed by atoms with Crippen LogP contribution in [0.4, 0.5) is 10.9 Å². The van der Waals surface area contributed by atoms with Gasteiger partial charge < -0.3 is 10.6 Å². The third kappa shape index (κ3) is 3.14. The number of carbonyl (C=O) groups is 1. The number of nitrogens with zero attached hydrogens (tertiary/aromatic N) is 2. The van der Waals surface area contributed by atoms with Crippen molar-refractivity contribution in [1.29, 1.82) is 0 Å². The van der Waals surface area contributed by atoms with Crippen molar-refractivity contribution in [3.05, 3.63) is 35.5 Å². The SMILES string of the molecule is O=C(Nc1ccccn1)c1csc(NC2CCCC2)n1. The minimum absolute atomic E-state index is 0.223. The van der Waals surface area contributed by atoms with Crippen LogP contribution in [0.2, 0.25) is 0 Å². The molecule has 1 saturated carbocycles. The van der Waals surface area contributed by atoms with Crippen LogP contribution in [0.5, 0.6) is 0 Å². The van der Waals surface area contributed by atoms with Gasteiger partial charge in [0.2, 0.25) is 0 Å². The molecule has 2 heterocycles. The van der Waals surface area contributed by atoms with Gasteiger partial charge in [0.25, 0.3) is 5.91 Å². The van der Waals surface area contributed by atoms with E-state index in [1.165, 1.54) is 37.0 Å². The summed E-state index contributed by atoms with van der Waals surface area (Å²) in [6.07, 6.45) is 6.57. The summed E-state index contributed by atoms with van der Waals surface area (Å²) >= 11 is 1.47. The minimum Gasteiger partial charge on any atom is -0.359 e. The summed E-state index contributed by atoms with van der Waals surface area (Å²) in [6, 6.07) is 5.90. The lowest BCUT2D eigenvalue weighted by molar-refractivity contribution is 0.102. The molecule has 1 aliphatic carbocycles. The minimum atomic E-state index is -0.223. The quantitative estimate of drug-likeness (QED) is 0.907. The molecule has 1 fully saturated rings. The highest BCUT2D eigenvalue weighted by atomic mass is 32.1. The largest absolute Gasteiger partial charge is 0.359 e. The number of thiazole rings is 1. The van der Waals surface area contributed by atoms with Gasteiger partial charge in [-0.1, -0.05) is 18.9 Å². The van der Waals surface area contributed by atoms with Crippen LogP contribution in [0.3, 0.4) is 0 Å². The van der Waals surface area contributed by atoms with Crippen LogP contribution in [0, 0.1) is 0 Å². The van der Waals surface area contributed by atoms with Gasteiger partial charge >= 0.3 is 0 Å². The van der Waals surface area contributed by atoms with Crippen molar-refractivity contribution in [2.75, 3.05) is 10.6 Å². The van der Waals surface area contributed by atoms with E-state index in [-0.39, 0.29) is 5.91 Å². The third-order valence-electron chi connectivity index (χ3n) is 3.33. The van der Waals surface area contributed by atoms with Crippen molar-refractivity contribution in [2.24, 2.45) is 0 Å². The Morgan fingerprint density at radius 2 is 2.15 bits per heavy atom. The number of carbonyl (C=O) groups excluding carboxylic acids is 1. The Bertz CT molecular complexity index is 578. The maximum absolute atomic E-state index is 12.0. The second kappa shape index (κ2) is 6.00. The summed E-state index contributed by atoms with van der Waals surface area (Å²) in [5.74, 6) is 0.315. The average molecular weight is 288 g/mol. The van der Waals surface area contributed by atoms with Crippen molar-refractivity contribution < 1.29 is 4.79 Å². The molecule has 0 aliphatic heterocycles. The number of amides is 1. The number of anilines is 2. The van der Waals surface area contributed by atoms with E-state index in [0.717, 1.165) is 5.13 Å². The van der Waals surface area contributed by atoms with E-state index in [2.05, 4.69) is 20.6 Å². The first-order valence-corrected chi connectivity index (χ1v) is 7.64. The fourth-order valence-corrected chi connectivity index (χ4v) is 3.07. The van der Waals surface area contributed by atoms with Gasteiger partial charge in [-0.3, -0.25) is 4.79 Å². The summed E-state index contributed by atoms with van der Waals surface area (Å²) < 4.78 is 0. The number of hydrogen-bond donors (Lipinski definition) is 2. The van der Waals surface area contributed by atoms with Gasteiger partial charge in [-0.25, -0.2) is 9.97 Å². The van der Waals surface area contributed by atoms with E-state index in [0.29, 0.717) is 17.6 Å². The summed E-state index contributed by atoms with van der Waals surface area (Å²) in [7, 11) is 0. The molecule has 104 valence electrons. The Kier molecular flexibility index (Phi) is 3.92. The van der Waals surface area contributed by atoms with Crippen molar-refractivity contribution in [2.45, 2.75) is 31.7 Å². The lowest BCUT2D eigenvalue weighted by atomic mass is 10.3. The average Bonchev–Trinajstić information content (AvgIpc) is 3.12. The Labute approximate surface area is 121 Å². The van der Waals surface area contributed by atoms with Crippen LogP contribution in [0.15, 0.2) is 29.8 Å². The molecule has 2 N–H and O–H groups in total. The maximum Gasteiger partial charge on any atom is 0.276 e. The fourth-order valence-electron chi connectivity index (χ4n) is 2.31. The molecule has 1 aliphatic rings. The molecule has 0 aromatic carbocycles. The van der Waals surface area contributed by atoms with Gasteiger partial charge in [0.05, 0.1) is 0 Å². The van der Waals surface area contributed by atoms with Gasteiger partial charge in [-0.05, 0) is 25.0 Å². The topological polar surface area (TPSA) is 66.9 Å². The number of pyridine rings is 1. The second-order valence-electron chi connectivity index (χ2n) is 4.83. The molecular formula is C14H16N4OS. The zero-order valence-corrected chi connectivity index (χ0v) is 11.8. The summed E-state index contributed by atoms with van der Waals surface area (Å²) in [5, 5.41) is 8.72. The molecule has 0 radical (unpaired) electrons. The molecule has 2 aromatic rings. The smallest absolute Gasteiger partial charge is 0.276 e. The lowest BCUT2D eigenvalue weighted by Gasteiger charge is -2.09. The predicted molar refractivity (Wildman–Crippen MR) is 80.2 cm³/mol. The number of hydrogen-bond acceptors (Lipinski definition) is 5. The molecule has 0 spiro atoms. The van der Waals surface area contributed by atoms with Crippen molar-refractivity contribution in [1.82, 2.24) is 9.97 Å². The highest BCUT2D eigenvalue weighted by molar-refractivity contribution is 7.13. The Hall–Kier alpha value is -1.95. The molecule has 0 saturated heterocycles. The van der Waals surface area contributed by atoms with Gasteiger partial charge in [0.1, 0.15) is 11.5 Å². The first-order valence-electron chi connectivity index (χ1n) is 6.76. The molecule has 6 heteroatoms. The zero-order chi connectivity index (χ0) is 13.8. The van der Waals surface area contributed by atoms with Crippen molar-refractivity contribution in [3.63, 3.8) is 0 Å². The molecule has 0 unspecified atom stereocenters. The maximum atomic E-state index is 12.0. The Morgan fingerprint density at radius 1 is 1.30 bits per heavy atom. The summed E-state index contributed by atoms with van der Waals surface area (Å²) in [6.45, 7) is 0. The first kappa shape index (κ1) is 13.1. The molecule has 2 aromatic heterocycles. The molecular weight excluding hydrogens is 272 g/mol. The van der Waals surface area contributed by atoms with Gasteiger partial charge in [0, 0.05) is 17.6 Å². The standard InChI is InChI=1S/C14H16N4OS/c19-13(18-12-7-3-4-8-15-12)11-9-20-14(17-11)16-10-5-1-2-6-10/h3-4,7-10H,1-2,5-6H2,(H,16,17)(H,15,18,19). The Balaban J connectivity index is 1.62. The summed E-state index contributed by atoms with van der Waals surface area (Å²) in [4.78, 5) is 20.4. The number of rotatable bonds is 4. The molecule has 5 nitrogen and oxygen atoms in total. The molecule has 1 amide bonds. The number of aromatic nitrogens is 2. The monoisotopic (exact) mass is 288 g/mol. The normalized spacial score (nSPS) is 15.2. The Morgan fingerprint density at radius 3 is 2.90 bits per heavy atom. The lowest BCUT2D eigenvalue weighted by Crippen LogP contribution is -2.16. The predicted octanol–water partition coefficient (Wildman–Crippen LogP) is 3.14. The number of nitrogens with one attached hydrogen (secondary N) is 2. The molecule has 0 bridgehead atoms. The van der Waals surface area contributed by atoms with Gasteiger partial charge in [-0.2, -0.15) is 0 Å². The highest BCUT2D eigenvalue weighted by Crippen LogP contribution is 2.24. The molecule has 20 heavy (non-hydrogen) atoms. The van der Waals surface area contributed by atoms with E-state index in [1.807, 2.05) is 12.1 Å². The van der Waals surface area contributed by atoms with Gasteiger partial charge in [0.15, 0.2) is 5.13 Å². The van der Waals surface area contributed by atoms with Crippen molar-refractivity contribution >= 4 is 28.2 Å². The van der Waals surface area contributed by atoms with Crippen LogP contribution in [-0.4, -0.2) is 21.9 Å². The first-order chi connectivity index (χ1) is 9.81. The van der Waals surface area contributed by atoms with E-state index in [9.17, 15) is 4.79 Å². The highest BCUT2D eigenvalue weighted by Gasteiger charge is 2.17. The molecule has 0 atom stereocenters. The molecule has 3 rings (SSSR count). The van der Waals surface area contributed by atoms with Crippen LogP contribution in [-0.2, 0) is 0 Å². The summed E-state index contributed by atoms with van der Waals surface area (Å²) in [5.41, 5.74) is 0.432. The van der Waals surface area contributed by atoms with Crippen LogP contribution < -0.4 is 10.6 Å². The van der Waals surface area contributed by atoms with Crippen molar-refractivity contribution in [3.8, 4) is 0 Å². The van der Waals surface area contributed by atoms with E-state index >= 15 is 0 Å². The third-order valence-corrected chi connectivity index (χ3v) is 4.10. The zero-order valence-electron chi connectivity index (χ0n) is 11.0. The van der Waals surface area contributed by atoms with Crippen LogP contribution in [0.1, 0.15) is 36.2 Å². The fraction of sp³-hybridized carbons (Fsp3) is 0.357.